The lowest BCUT2D eigenvalue weighted by atomic mass is 10.0. The highest BCUT2D eigenvalue weighted by Gasteiger charge is 2.25. The average Bonchev–Trinajstić information content (AvgIpc) is 3.13. The van der Waals surface area contributed by atoms with Crippen LogP contribution in [0, 0.1) is 0 Å². The minimum atomic E-state index is 0. The molecule has 0 bridgehead atoms. The number of likely N-dealkylation sites (N-methyl/N-ethyl adjacent to an activating group) is 1. The van der Waals surface area contributed by atoms with Crippen LogP contribution in [0.4, 0.5) is 0 Å². The fourth-order valence-corrected chi connectivity index (χ4v) is 3.67. The van der Waals surface area contributed by atoms with Gasteiger partial charge in [-0.15, -0.1) is 24.0 Å². The zero-order chi connectivity index (χ0) is 19.8. The maximum absolute atomic E-state index is 4.32. The highest BCUT2D eigenvalue weighted by molar-refractivity contribution is 14.0. The van der Waals surface area contributed by atoms with Crippen molar-refractivity contribution in [2.24, 2.45) is 12.0 Å². The third-order valence-electron chi connectivity index (χ3n) is 5.38. The van der Waals surface area contributed by atoms with Gasteiger partial charge in [-0.1, -0.05) is 30.3 Å². The summed E-state index contributed by atoms with van der Waals surface area (Å²) >= 11 is 0. The quantitative estimate of drug-likeness (QED) is 0.258. The predicted octanol–water partition coefficient (Wildman–Crippen LogP) is 2.08. The van der Waals surface area contributed by atoms with Crippen molar-refractivity contribution in [3.8, 4) is 0 Å². The number of nitrogens with zero attached hydrogens (tertiary/aromatic N) is 5. The van der Waals surface area contributed by atoms with Gasteiger partial charge in [-0.05, 0) is 25.1 Å². The summed E-state index contributed by atoms with van der Waals surface area (Å²) in [6.45, 7) is 6.03. The normalized spacial score (nSPS) is 18.3. The van der Waals surface area contributed by atoms with Gasteiger partial charge >= 0.3 is 0 Å². The molecule has 2 N–H and O–H groups in total. The second kappa shape index (κ2) is 12.1. The van der Waals surface area contributed by atoms with Gasteiger partial charge in [-0.3, -0.25) is 14.6 Å². The molecule has 1 aliphatic heterocycles. The van der Waals surface area contributed by atoms with Crippen LogP contribution in [0.3, 0.4) is 0 Å². The van der Waals surface area contributed by atoms with Crippen LogP contribution in [0.25, 0.3) is 0 Å². The molecule has 0 spiro atoms. The Morgan fingerprint density at radius 3 is 2.62 bits per heavy atom. The van der Waals surface area contributed by atoms with Gasteiger partial charge in [0, 0.05) is 59.1 Å². The summed E-state index contributed by atoms with van der Waals surface area (Å²) in [7, 11) is 5.98. The van der Waals surface area contributed by atoms with E-state index >= 15 is 0 Å². The van der Waals surface area contributed by atoms with Crippen molar-refractivity contribution in [3.05, 3.63) is 53.9 Å². The molecule has 1 atom stereocenters. The minimum Gasteiger partial charge on any atom is -0.356 e. The molecule has 0 radical (unpaired) electrons. The molecule has 29 heavy (non-hydrogen) atoms. The minimum absolute atomic E-state index is 0. The molecule has 3 rings (SSSR count). The summed E-state index contributed by atoms with van der Waals surface area (Å²) in [6.07, 6.45) is 2.89. The summed E-state index contributed by atoms with van der Waals surface area (Å²) in [4.78, 5) is 9.36. The van der Waals surface area contributed by atoms with Crippen LogP contribution in [0.15, 0.2) is 47.6 Å². The first kappa shape index (κ1) is 23.6. The molecule has 0 aliphatic carbocycles. The van der Waals surface area contributed by atoms with Gasteiger partial charge < -0.3 is 15.5 Å². The van der Waals surface area contributed by atoms with Crippen LogP contribution in [-0.4, -0.2) is 72.4 Å². The summed E-state index contributed by atoms with van der Waals surface area (Å²) in [5.41, 5.74) is 2.54. The second-order valence-electron chi connectivity index (χ2n) is 7.38. The lowest BCUT2D eigenvalue weighted by molar-refractivity contribution is 0.0891. The van der Waals surface area contributed by atoms with E-state index in [9.17, 15) is 0 Å². The topological polar surface area (TPSA) is 60.7 Å². The molecule has 8 heteroatoms. The first-order valence-electron chi connectivity index (χ1n) is 10.1. The number of halogens is 1. The summed E-state index contributed by atoms with van der Waals surface area (Å²) in [6, 6.07) is 13.4. The van der Waals surface area contributed by atoms with Crippen molar-refractivity contribution in [2.75, 3.05) is 46.8 Å². The Morgan fingerprint density at radius 2 is 1.93 bits per heavy atom. The lowest BCUT2D eigenvalue weighted by Gasteiger charge is -2.40. The van der Waals surface area contributed by atoms with Crippen LogP contribution in [-0.2, 0) is 13.6 Å². The zero-order valence-corrected chi connectivity index (χ0v) is 20.0. The van der Waals surface area contributed by atoms with E-state index in [0.717, 1.165) is 50.8 Å². The van der Waals surface area contributed by atoms with Crippen LogP contribution in [0.1, 0.15) is 23.7 Å². The van der Waals surface area contributed by atoms with E-state index in [4.69, 9.17) is 0 Å². The van der Waals surface area contributed by atoms with E-state index in [1.807, 2.05) is 31.0 Å². The Balaban J connectivity index is 0.00000300. The van der Waals surface area contributed by atoms with Crippen molar-refractivity contribution in [3.63, 3.8) is 0 Å². The molecular formula is C21H34IN7. The average molecular weight is 511 g/mol. The lowest BCUT2D eigenvalue weighted by Crippen LogP contribution is -2.47. The Kier molecular flexibility index (Phi) is 9.89. The number of hydrogen-bond donors (Lipinski definition) is 2. The highest BCUT2D eigenvalue weighted by Crippen LogP contribution is 2.24. The van der Waals surface area contributed by atoms with Crippen molar-refractivity contribution in [1.29, 1.82) is 0 Å². The number of piperazine rings is 1. The van der Waals surface area contributed by atoms with Gasteiger partial charge in [0.2, 0.25) is 0 Å². The fourth-order valence-electron chi connectivity index (χ4n) is 3.67. The maximum atomic E-state index is 4.32. The van der Waals surface area contributed by atoms with Crippen molar-refractivity contribution in [1.82, 2.24) is 30.2 Å². The van der Waals surface area contributed by atoms with Gasteiger partial charge in [0.15, 0.2) is 5.96 Å². The van der Waals surface area contributed by atoms with Crippen LogP contribution >= 0.6 is 24.0 Å². The monoisotopic (exact) mass is 511 g/mol. The largest absolute Gasteiger partial charge is 0.356 e. The molecule has 2 aromatic rings. The molecule has 2 heterocycles. The molecule has 1 fully saturated rings. The number of hydrogen-bond acceptors (Lipinski definition) is 4. The van der Waals surface area contributed by atoms with Crippen LogP contribution in [0.5, 0.6) is 0 Å². The van der Waals surface area contributed by atoms with Gasteiger partial charge in [-0.25, -0.2) is 0 Å². The van der Waals surface area contributed by atoms with E-state index in [1.165, 1.54) is 5.56 Å². The summed E-state index contributed by atoms with van der Waals surface area (Å²) in [5.74, 6) is 0.833. The number of guanidine groups is 1. The number of aryl methyl sites for hydroxylation is 1. The van der Waals surface area contributed by atoms with Crippen LogP contribution in [0.2, 0.25) is 0 Å². The number of rotatable bonds is 7. The van der Waals surface area contributed by atoms with Gasteiger partial charge in [0.05, 0.1) is 12.2 Å². The van der Waals surface area contributed by atoms with Gasteiger partial charge in [-0.2, -0.15) is 5.10 Å². The molecule has 1 aromatic heterocycles. The Bertz CT molecular complexity index is 746. The molecular weight excluding hydrogens is 477 g/mol. The fraction of sp³-hybridized carbons (Fsp3) is 0.524. The molecule has 1 unspecified atom stereocenters. The first-order valence-corrected chi connectivity index (χ1v) is 10.1. The van der Waals surface area contributed by atoms with Gasteiger partial charge in [0.1, 0.15) is 0 Å². The molecule has 0 saturated carbocycles. The van der Waals surface area contributed by atoms with Crippen molar-refractivity contribution in [2.45, 2.75) is 19.0 Å². The van der Waals surface area contributed by atoms with Crippen LogP contribution < -0.4 is 10.6 Å². The summed E-state index contributed by atoms with van der Waals surface area (Å²) in [5, 5.41) is 11.0. The van der Waals surface area contributed by atoms with Gasteiger partial charge in [0.25, 0.3) is 0 Å². The number of nitrogens with one attached hydrogen (secondary N) is 2. The smallest absolute Gasteiger partial charge is 0.191 e. The third-order valence-corrected chi connectivity index (χ3v) is 5.38. The molecule has 1 aromatic carbocycles. The third kappa shape index (κ3) is 6.97. The highest BCUT2D eigenvalue weighted by atomic mass is 127. The molecule has 0 amide bonds. The number of aromatic nitrogens is 2. The summed E-state index contributed by atoms with van der Waals surface area (Å²) < 4.78 is 1.87. The Hall–Kier alpha value is -1.65. The first-order chi connectivity index (χ1) is 13.7. The van der Waals surface area contributed by atoms with Crippen molar-refractivity contribution < 1.29 is 0 Å². The molecule has 1 aliphatic rings. The number of aliphatic imine (C=N–C) groups is 1. The van der Waals surface area contributed by atoms with E-state index in [0.29, 0.717) is 12.6 Å². The van der Waals surface area contributed by atoms with E-state index < -0.39 is 0 Å². The second-order valence-corrected chi connectivity index (χ2v) is 7.38. The predicted molar refractivity (Wildman–Crippen MR) is 130 cm³/mol. The SMILES string of the molecule is CN=C(NCCCN1CCN(C)CC1c1ccccc1)NCc1ccnn1C.I. The Labute approximate surface area is 191 Å². The van der Waals surface area contributed by atoms with E-state index in [2.05, 4.69) is 67.9 Å². The maximum Gasteiger partial charge on any atom is 0.191 e. The van der Waals surface area contributed by atoms with E-state index in [-0.39, 0.29) is 24.0 Å². The van der Waals surface area contributed by atoms with Crippen molar-refractivity contribution >= 4 is 29.9 Å². The molecule has 1 saturated heterocycles. The number of benzene rings is 1. The Morgan fingerprint density at radius 1 is 1.14 bits per heavy atom. The zero-order valence-electron chi connectivity index (χ0n) is 17.7. The van der Waals surface area contributed by atoms with E-state index in [1.54, 1.807) is 0 Å². The standard InChI is InChI=1S/C21H33N7.HI/c1-22-21(24-16-19-10-12-25-27(19)3)23-11-7-13-28-15-14-26(2)17-20(28)18-8-5-4-6-9-18;/h4-6,8-10,12,20H,7,11,13-17H2,1-3H3,(H2,22,23,24);1H. The molecule has 160 valence electrons. The molecule has 7 nitrogen and oxygen atoms in total.